The summed E-state index contributed by atoms with van der Waals surface area (Å²) in [7, 11) is 0. The zero-order valence-corrected chi connectivity index (χ0v) is 18.9. The zero-order valence-electron chi connectivity index (χ0n) is 18.1. The van der Waals surface area contributed by atoms with Gasteiger partial charge in [0.1, 0.15) is 0 Å². The molecule has 7 heteroatoms. The molecule has 4 aromatic rings. The van der Waals surface area contributed by atoms with E-state index in [1.165, 1.54) is 0 Å². The number of anilines is 1. The van der Waals surface area contributed by atoms with E-state index in [0.717, 1.165) is 28.0 Å². The molecule has 0 saturated heterocycles. The van der Waals surface area contributed by atoms with Crippen molar-refractivity contribution >= 4 is 28.9 Å². The highest BCUT2D eigenvalue weighted by atomic mass is 35.5. The molecule has 0 saturated carbocycles. The largest absolute Gasteiger partial charge is 0.334 e. The molecule has 0 spiro atoms. The minimum atomic E-state index is -0.472. The van der Waals surface area contributed by atoms with Crippen molar-refractivity contribution in [2.75, 3.05) is 4.90 Å². The molecule has 1 N–H and O–H groups in total. The molecule has 1 aliphatic heterocycles. The molecule has 6 nitrogen and oxygen atoms in total. The Morgan fingerprint density at radius 2 is 1.64 bits per heavy atom. The first-order chi connectivity index (χ1) is 16.0. The van der Waals surface area contributed by atoms with E-state index in [1.54, 1.807) is 17.0 Å². The van der Waals surface area contributed by atoms with E-state index in [2.05, 4.69) is 15.5 Å². The minimum Gasteiger partial charge on any atom is -0.334 e. The third-order valence-corrected chi connectivity index (χ3v) is 5.92. The van der Waals surface area contributed by atoms with E-state index in [4.69, 9.17) is 16.1 Å². The van der Waals surface area contributed by atoms with Gasteiger partial charge in [0.15, 0.2) is 0 Å². The number of rotatable bonds is 4. The molecule has 1 aromatic heterocycles. The molecule has 33 heavy (non-hydrogen) atoms. The lowest BCUT2D eigenvalue weighted by Gasteiger charge is -2.35. The van der Waals surface area contributed by atoms with Crippen molar-refractivity contribution in [3.63, 3.8) is 0 Å². The van der Waals surface area contributed by atoms with Crippen molar-refractivity contribution in [2.24, 2.45) is 0 Å². The van der Waals surface area contributed by atoms with E-state index >= 15 is 0 Å². The van der Waals surface area contributed by atoms with Gasteiger partial charge in [0.2, 0.25) is 5.82 Å². The fourth-order valence-corrected chi connectivity index (χ4v) is 4.09. The highest BCUT2D eigenvalue weighted by Gasteiger charge is 2.36. The van der Waals surface area contributed by atoms with E-state index in [-0.39, 0.29) is 6.03 Å². The summed E-state index contributed by atoms with van der Waals surface area (Å²) in [6, 6.07) is 24.1. The summed E-state index contributed by atoms with van der Waals surface area (Å²) in [6.45, 7) is 3.90. The van der Waals surface area contributed by atoms with Gasteiger partial charge in [0, 0.05) is 16.3 Å². The number of carbonyl (C=O) groups is 1. The van der Waals surface area contributed by atoms with E-state index in [0.29, 0.717) is 22.4 Å². The van der Waals surface area contributed by atoms with Crippen LogP contribution in [0.2, 0.25) is 5.02 Å². The fraction of sp³-hybridized carbons (Fsp3) is 0.115. The van der Waals surface area contributed by atoms with Crippen molar-refractivity contribution in [3.05, 3.63) is 107 Å². The molecule has 1 unspecified atom stereocenters. The average Bonchev–Trinajstić information content (AvgIpc) is 3.31. The van der Waals surface area contributed by atoms with Crippen LogP contribution in [-0.4, -0.2) is 16.2 Å². The van der Waals surface area contributed by atoms with Gasteiger partial charge in [-0.3, -0.25) is 4.90 Å². The molecule has 0 fully saturated rings. The van der Waals surface area contributed by atoms with Crippen LogP contribution in [0.4, 0.5) is 10.5 Å². The summed E-state index contributed by atoms with van der Waals surface area (Å²) >= 11 is 6.10. The molecule has 2 heterocycles. The molecule has 164 valence electrons. The minimum absolute atomic E-state index is 0.233. The van der Waals surface area contributed by atoms with Crippen LogP contribution in [0.3, 0.4) is 0 Å². The summed E-state index contributed by atoms with van der Waals surface area (Å²) in [6.07, 6.45) is 0. The Morgan fingerprint density at radius 3 is 2.33 bits per heavy atom. The Hall–Kier alpha value is -3.90. The molecule has 3 aromatic carbocycles. The number of allylic oxidation sites excluding steroid dienone is 1. The maximum Gasteiger partial charge on any atom is 0.326 e. The number of amides is 2. The Balaban J connectivity index is 1.65. The lowest BCUT2D eigenvalue weighted by atomic mass is 9.94. The number of hydrogen-bond acceptors (Lipinski definition) is 4. The first-order valence-corrected chi connectivity index (χ1v) is 10.9. The predicted molar refractivity (Wildman–Crippen MR) is 129 cm³/mol. The predicted octanol–water partition coefficient (Wildman–Crippen LogP) is 6.40. The summed E-state index contributed by atoms with van der Waals surface area (Å²) in [5.41, 5.74) is 5.03. The normalized spacial score (nSPS) is 16.2. The van der Waals surface area contributed by atoms with Crippen molar-refractivity contribution in [1.29, 1.82) is 0 Å². The number of aryl methyl sites for hydroxylation is 1. The van der Waals surface area contributed by atoms with Crippen LogP contribution in [0, 0.1) is 6.92 Å². The molecule has 0 aliphatic carbocycles. The molecule has 2 amide bonds. The SMILES string of the molecule is CC1=C(c2nc(-c3ccccc3)no2)C(c2ccc(Cl)cc2)NC(=O)N1c1ccc(C)cc1. The van der Waals surface area contributed by atoms with Crippen LogP contribution in [0.15, 0.2) is 89.1 Å². The smallest absolute Gasteiger partial charge is 0.326 e. The van der Waals surface area contributed by atoms with Crippen LogP contribution in [0.5, 0.6) is 0 Å². The summed E-state index contributed by atoms with van der Waals surface area (Å²) in [4.78, 5) is 19.5. The number of nitrogens with zero attached hydrogens (tertiary/aromatic N) is 3. The lowest BCUT2D eigenvalue weighted by Crippen LogP contribution is -2.46. The Bertz CT molecular complexity index is 1330. The van der Waals surface area contributed by atoms with Crippen LogP contribution in [0.25, 0.3) is 17.0 Å². The van der Waals surface area contributed by atoms with Gasteiger partial charge in [0.25, 0.3) is 5.89 Å². The summed E-state index contributed by atoms with van der Waals surface area (Å²) in [5, 5.41) is 7.91. The molecule has 0 bridgehead atoms. The average molecular weight is 457 g/mol. The molecular weight excluding hydrogens is 436 g/mol. The number of hydrogen-bond donors (Lipinski definition) is 1. The second kappa shape index (κ2) is 8.56. The molecule has 1 aliphatic rings. The molecule has 0 radical (unpaired) electrons. The monoisotopic (exact) mass is 456 g/mol. The maximum absolute atomic E-state index is 13.2. The van der Waals surface area contributed by atoms with E-state index in [9.17, 15) is 4.79 Å². The Kier molecular flexibility index (Phi) is 5.44. The van der Waals surface area contributed by atoms with Gasteiger partial charge in [-0.15, -0.1) is 0 Å². The third-order valence-electron chi connectivity index (χ3n) is 5.67. The van der Waals surface area contributed by atoms with Crippen molar-refractivity contribution < 1.29 is 9.32 Å². The molecule has 5 rings (SSSR count). The van der Waals surface area contributed by atoms with Gasteiger partial charge in [0.05, 0.1) is 17.3 Å². The first kappa shape index (κ1) is 21.0. The second-order valence-electron chi connectivity index (χ2n) is 7.89. The van der Waals surface area contributed by atoms with E-state index < -0.39 is 6.04 Å². The number of carbonyl (C=O) groups excluding carboxylic acids is 1. The maximum atomic E-state index is 13.2. The topological polar surface area (TPSA) is 71.3 Å². The summed E-state index contributed by atoms with van der Waals surface area (Å²) in [5.74, 6) is 0.836. The number of aromatic nitrogens is 2. The van der Waals surface area contributed by atoms with Gasteiger partial charge in [-0.2, -0.15) is 4.98 Å². The number of halogens is 1. The number of urea groups is 1. The van der Waals surface area contributed by atoms with Crippen molar-refractivity contribution in [1.82, 2.24) is 15.5 Å². The Morgan fingerprint density at radius 1 is 0.939 bits per heavy atom. The van der Waals surface area contributed by atoms with Gasteiger partial charge in [-0.05, 0) is 43.7 Å². The number of nitrogens with one attached hydrogen (secondary N) is 1. The third kappa shape index (κ3) is 4.01. The quantitative estimate of drug-likeness (QED) is 0.385. The highest BCUT2D eigenvalue weighted by Crippen LogP contribution is 2.39. The van der Waals surface area contributed by atoms with Crippen molar-refractivity contribution in [3.8, 4) is 11.4 Å². The van der Waals surface area contributed by atoms with Gasteiger partial charge >= 0.3 is 6.03 Å². The van der Waals surface area contributed by atoms with Crippen LogP contribution in [-0.2, 0) is 0 Å². The van der Waals surface area contributed by atoms with Crippen LogP contribution >= 0.6 is 11.6 Å². The summed E-state index contributed by atoms with van der Waals surface area (Å²) < 4.78 is 5.72. The first-order valence-electron chi connectivity index (χ1n) is 10.5. The van der Waals surface area contributed by atoms with Gasteiger partial charge in [-0.1, -0.05) is 76.9 Å². The van der Waals surface area contributed by atoms with Gasteiger partial charge < -0.3 is 9.84 Å². The van der Waals surface area contributed by atoms with Crippen LogP contribution in [0.1, 0.15) is 30.0 Å². The Labute approximate surface area is 196 Å². The lowest BCUT2D eigenvalue weighted by molar-refractivity contribution is 0.244. The van der Waals surface area contributed by atoms with E-state index in [1.807, 2.05) is 80.6 Å². The molecule has 1 atom stereocenters. The van der Waals surface area contributed by atoms with Crippen molar-refractivity contribution in [2.45, 2.75) is 19.9 Å². The molecular formula is C26H21ClN4O2. The highest BCUT2D eigenvalue weighted by molar-refractivity contribution is 6.30. The second-order valence-corrected chi connectivity index (χ2v) is 8.33. The van der Waals surface area contributed by atoms with Gasteiger partial charge in [-0.25, -0.2) is 4.79 Å². The number of benzene rings is 3. The van der Waals surface area contributed by atoms with Crippen LogP contribution < -0.4 is 10.2 Å². The standard InChI is InChI=1S/C26H21ClN4O2/c1-16-8-14-21(15-9-16)31-17(2)22(23(28-26(31)32)18-10-12-20(27)13-11-18)25-29-24(30-33-25)19-6-4-3-5-7-19/h3-15,23H,1-2H3,(H,28,32). The fourth-order valence-electron chi connectivity index (χ4n) is 3.97. The zero-order chi connectivity index (χ0) is 22.9.